The second-order valence-corrected chi connectivity index (χ2v) is 4.44. The average molecular weight is 199 g/mol. The van der Waals surface area contributed by atoms with Crippen molar-refractivity contribution in [2.45, 2.75) is 31.5 Å². The Hall–Kier alpha value is -0.650. The lowest BCUT2D eigenvalue weighted by molar-refractivity contribution is 0.0494. The molecule has 0 aliphatic heterocycles. The third kappa shape index (κ3) is 1.99. The highest BCUT2D eigenvalue weighted by Gasteiger charge is 2.27. The number of aliphatic hydroxyl groups excluding tert-OH is 1. The van der Waals surface area contributed by atoms with E-state index < -0.39 is 0 Å². The lowest BCUT2D eigenvalue weighted by Crippen LogP contribution is -2.47. The van der Waals surface area contributed by atoms with Gasteiger partial charge in [-0.1, -0.05) is 0 Å². The van der Waals surface area contributed by atoms with Crippen molar-refractivity contribution >= 4 is 16.5 Å². The number of hydrogen-bond acceptors (Lipinski definition) is 5. The Bertz CT molecular complexity index is 289. The molecule has 2 rings (SSSR count). The van der Waals surface area contributed by atoms with Crippen LogP contribution in [-0.2, 0) is 6.54 Å². The van der Waals surface area contributed by atoms with E-state index in [0.717, 1.165) is 24.3 Å². The first-order valence-corrected chi connectivity index (χ1v) is 5.19. The van der Waals surface area contributed by atoms with Crippen LogP contribution >= 0.6 is 11.3 Å². The molecule has 1 aliphatic carbocycles. The topological polar surface area (TPSA) is 71.2 Å². The number of rotatable bonds is 3. The summed E-state index contributed by atoms with van der Waals surface area (Å²) in [6.07, 6.45) is 3.60. The Labute approximate surface area is 80.8 Å². The van der Waals surface area contributed by atoms with Crippen LogP contribution in [-0.4, -0.2) is 22.2 Å². The van der Waals surface area contributed by atoms with Gasteiger partial charge < -0.3 is 16.2 Å². The molecular weight excluding hydrogens is 186 g/mol. The van der Waals surface area contributed by atoms with E-state index in [1.165, 1.54) is 11.3 Å². The quantitative estimate of drug-likeness (QED) is 0.656. The minimum absolute atomic E-state index is 0.162. The second kappa shape index (κ2) is 3.61. The zero-order valence-electron chi connectivity index (χ0n) is 7.23. The van der Waals surface area contributed by atoms with Crippen molar-refractivity contribution in [1.29, 1.82) is 0 Å². The first kappa shape index (κ1) is 8.93. The Kier molecular flexibility index (Phi) is 2.48. The highest BCUT2D eigenvalue weighted by atomic mass is 32.1. The predicted molar refractivity (Wildman–Crippen MR) is 52.4 cm³/mol. The summed E-state index contributed by atoms with van der Waals surface area (Å²) in [4.78, 5) is 5.07. The molecule has 1 heterocycles. The molecule has 1 saturated carbocycles. The van der Waals surface area contributed by atoms with Gasteiger partial charge in [-0.15, -0.1) is 11.3 Å². The predicted octanol–water partition coefficient (Wildman–Crippen LogP) is 0.338. The molecule has 72 valence electrons. The van der Waals surface area contributed by atoms with Gasteiger partial charge in [0.05, 0.1) is 6.10 Å². The van der Waals surface area contributed by atoms with Crippen LogP contribution in [0.2, 0.25) is 0 Å². The summed E-state index contributed by atoms with van der Waals surface area (Å²) in [6, 6.07) is 0.267. The maximum absolute atomic E-state index is 9.29. The van der Waals surface area contributed by atoms with Crippen LogP contribution in [0.15, 0.2) is 6.20 Å². The van der Waals surface area contributed by atoms with E-state index in [1.807, 2.05) is 0 Å². The molecule has 4 N–H and O–H groups in total. The van der Waals surface area contributed by atoms with Gasteiger partial charge in [0, 0.05) is 23.7 Å². The molecule has 1 fully saturated rings. The van der Waals surface area contributed by atoms with Gasteiger partial charge in [-0.05, 0) is 12.8 Å². The smallest absolute Gasteiger partial charge is 0.180 e. The van der Waals surface area contributed by atoms with Gasteiger partial charge in [-0.3, -0.25) is 0 Å². The molecule has 0 bridgehead atoms. The molecule has 0 spiro atoms. The monoisotopic (exact) mass is 199 g/mol. The third-order valence-electron chi connectivity index (χ3n) is 2.35. The highest BCUT2D eigenvalue weighted by molar-refractivity contribution is 7.15. The van der Waals surface area contributed by atoms with Crippen molar-refractivity contribution in [3.05, 3.63) is 11.1 Å². The van der Waals surface area contributed by atoms with E-state index in [4.69, 9.17) is 5.73 Å². The van der Waals surface area contributed by atoms with Crippen LogP contribution in [0.4, 0.5) is 5.13 Å². The molecule has 0 aromatic carbocycles. The van der Waals surface area contributed by atoms with Gasteiger partial charge in [0.25, 0.3) is 0 Å². The highest BCUT2D eigenvalue weighted by Crippen LogP contribution is 2.21. The minimum atomic E-state index is -0.162. The van der Waals surface area contributed by atoms with Crippen molar-refractivity contribution in [3.8, 4) is 0 Å². The number of nitrogens with two attached hydrogens (primary N) is 1. The molecule has 2 atom stereocenters. The molecule has 1 aliphatic rings. The fourth-order valence-corrected chi connectivity index (χ4v) is 1.99. The number of nitrogens with one attached hydrogen (secondary N) is 1. The van der Waals surface area contributed by atoms with Gasteiger partial charge in [-0.2, -0.15) is 0 Å². The maximum atomic E-state index is 9.29. The van der Waals surface area contributed by atoms with Crippen molar-refractivity contribution in [2.24, 2.45) is 0 Å². The minimum Gasteiger partial charge on any atom is -0.392 e. The molecule has 1 aromatic rings. The van der Waals surface area contributed by atoms with E-state index in [9.17, 15) is 5.11 Å². The summed E-state index contributed by atoms with van der Waals surface area (Å²) in [5.41, 5.74) is 5.49. The van der Waals surface area contributed by atoms with Gasteiger partial charge >= 0.3 is 0 Å². The Morgan fingerprint density at radius 1 is 1.69 bits per heavy atom. The van der Waals surface area contributed by atoms with Crippen LogP contribution in [0, 0.1) is 0 Å². The summed E-state index contributed by atoms with van der Waals surface area (Å²) >= 11 is 1.49. The van der Waals surface area contributed by atoms with Crippen LogP contribution in [0.1, 0.15) is 17.7 Å². The third-order valence-corrected chi connectivity index (χ3v) is 3.17. The molecule has 0 unspecified atom stereocenters. The number of thiazole rings is 1. The zero-order valence-corrected chi connectivity index (χ0v) is 8.05. The lowest BCUT2D eigenvalue weighted by Gasteiger charge is -2.32. The normalized spacial score (nSPS) is 27.2. The molecule has 13 heavy (non-hydrogen) atoms. The Morgan fingerprint density at radius 2 is 2.54 bits per heavy atom. The van der Waals surface area contributed by atoms with Crippen molar-refractivity contribution in [1.82, 2.24) is 10.3 Å². The largest absolute Gasteiger partial charge is 0.392 e. The van der Waals surface area contributed by atoms with E-state index in [0.29, 0.717) is 5.13 Å². The molecule has 0 amide bonds. The summed E-state index contributed by atoms with van der Waals surface area (Å²) in [5.74, 6) is 0. The first-order valence-electron chi connectivity index (χ1n) is 4.37. The van der Waals surface area contributed by atoms with E-state index in [2.05, 4.69) is 10.3 Å². The van der Waals surface area contributed by atoms with E-state index in [-0.39, 0.29) is 12.1 Å². The van der Waals surface area contributed by atoms with Gasteiger partial charge in [0.1, 0.15) is 0 Å². The van der Waals surface area contributed by atoms with Crippen molar-refractivity contribution < 1.29 is 5.11 Å². The van der Waals surface area contributed by atoms with Gasteiger partial charge in [0.2, 0.25) is 0 Å². The molecule has 5 heteroatoms. The van der Waals surface area contributed by atoms with Crippen molar-refractivity contribution in [3.63, 3.8) is 0 Å². The van der Waals surface area contributed by atoms with Crippen molar-refractivity contribution in [2.75, 3.05) is 5.73 Å². The van der Waals surface area contributed by atoms with Gasteiger partial charge in [0.15, 0.2) is 5.13 Å². The SMILES string of the molecule is Nc1ncc(CN[C@@H]2CC[C@H]2O)s1. The zero-order chi connectivity index (χ0) is 9.26. The number of aromatic nitrogens is 1. The summed E-state index contributed by atoms with van der Waals surface area (Å²) in [7, 11) is 0. The van der Waals surface area contributed by atoms with E-state index >= 15 is 0 Å². The van der Waals surface area contributed by atoms with Crippen LogP contribution in [0.3, 0.4) is 0 Å². The average Bonchev–Trinajstić information content (AvgIpc) is 2.49. The Balaban J connectivity index is 1.79. The fraction of sp³-hybridized carbons (Fsp3) is 0.625. The van der Waals surface area contributed by atoms with Crippen LogP contribution in [0.5, 0.6) is 0 Å². The number of anilines is 1. The summed E-state index contributed by atoms with van der Waals surface area (Å²) < 4.78 is 0. The molecule has 4 nitrogen and oxygen atoms in total. The lowest BCUT2D eigenvalue weighted by atomic mass is 9.89. The second-order valence-electron chi connectivity index (χ2n) is 3.30. The standard InChI is InChI=1S/C8H13N3OS/c9-8-11-4-5(13-8)3-10-6-1-2-7(6)12/h4,6-7,10,12H,1-3H2,(H2,9,11)/t6-,7-/m1/s1. The summed E-state index contributed by atoms with van der Waals surface area (Å²) in [6.45, 7) is 0.761. The van der Waals surface area contributed by atoms with Crippen LogP contribution in [0.25, 0.3) is 0 Å². The molecular formula is C8H13N3OS. The first-order chi connectivity index (χ1) is 6.25. The molecule has 0 radical (unpaired) electrons. The van der Waals surface area contributed by atoms with Crippen LogP contribution < -0.4 is 11.1 Å². The molecule has 1 aromatic heterocycles. The number of nitrogen functional groups attached to an aromatic ring is 1. The Morgan fingerprint density at radius 3 is 3.00 bits per heavy atom. The maximum Gasteiger partial charge on any atom is 0.180 e. The number of aliphatic hydroxyl groups is 1. The van der Waals surface area contributed by atoms with Gasteiger partial charge in [-0.25, -0.2) is 4.98 Å². The van der Waals surface area contributed by atoms with E-state index in [1.54, 1.807) is 6.20 Å². The molecule has 0 saturated heterocycles. The fourth-order valence-electron chi connectivity index (χ4n) is 1.36. The number of hydrogen-bond donors (Lipinski definition) is 3. The summed E-state index contributed by atoms with van der Waals surface area (Å²) in [5, 5.41) is 13.2. The number of nitrogens with zero attached hydrogens (tertiary/aromatic N) is 1.